The Morgan fingerprint density at radius 2 is 2.04 bits per heavy atom. The van der Waals surface area contributed by atoms with E-state index in [2.05, 4.69) is 16.3 Å². The van der Waals surface area contributed by atoms with Crippen molar-refractivity contribution in [3.8, 4) is 6.07 Å². The van der Waals surface area contributed by atoms with Crippen LogP contribution >= 0.6 is 0 Å². The average Bonchev–Trinajstić information content (AvgIpc) is 3.11. The number of carbonyl (C=O) groups is 1. The van der Waals surface area contributed by atoms with Gasteiger partial charge in [0.15, 0.2) is 0 Å². The Bertz CT molecular complexity index is 663. The average molecular weight is 359 g/mol. The molecule has 0 radical (unpaired) electrons. The van der Waals surface area contributed by atoms with Crippen LogP contribution in [0.3, 0.4) is 0 Å². The zero-order valence-corrected chi connectivity index (χ0v) is 15.2. The fraction of sp³-hybridized carbons (Fsp3) is 0.600. The van der Waals surface area contributed by atoms with Crippen LogP contribution in [0.4, 0.5) is 9.18 Å². The topological polar surface area (TPSA) is 65.4 Å². The van der Waals surface area contributed by atoms with Crippen molar-refractivity contribution in [3.05, 3.63) is 35.6 Å². The van der Waals surface area contributed by atoms with E-state index in [-0.39, 0.29) is 18.0 Å². The highest BCUT2D eigenvalue weighted by molar-refractivity contribution is 5.67. The predicted octanol–water partition coefficient (Wildman–Crippen LogP) is 3.35. The van der Waals surface area contributed by atoms with Crippen molar-refractivity contribution in [2.24, 2.45) is 0 Å². The van der Waals surface area contributed by atoms with Crippen LogP contribution in [0.2, 0.25) is 0 Å². The van der Waals surface area contributed by atoms with Gasteiger partial charge in [0.25, 0.3) is 0 Å². The molecule has 140 valence electrons. The molecule has 0 spiro atoms. The summed E-state index contributed by atoms with van der Waals surface area (Å²) in [7, 11) is 0. The van der Waals surface area contributed by atoms with E-state index in [1.54, 1.807) is 19.1 Å². The molecule has 2 aliphatic rings. The Morgan fingerprint density at radius 3 is 2.65 bits per heavy atom. The van der Waals surface area contributed by atoms with Crippen LogP contribution < -0.4 is 5.32 Å². The largest absolute Gasteiger partial charge is 0.450 e. The predicted molar refractivity (Wildman–Crippen MR) is 96.1 cm³/mol. The molecule has 1 aliphatic heterocycles. The number of alkyl carbamates (subject to hydrolysis) is 1. The van der Waals surface area contributed by atoms with Crippen molar-refractivity contribution < 1.29 is 13.9 Å². The molecule has 1 heterocycles. The van der Waals surface area contributed by atoms with Gasteiger partial charge in [-0.05, 0) is 56.7 Å². The molecule has 5 nitrogen and oxygen atoms in total. The summed E-state index contributed by atoms with van der Waals surface area (Å²) >= 11 is 0. The molecule has 1 amide bonds. The lowest BCUT2D eigenvalue weighted by Crippen LogP contribution is -2.43. The number of nitriles is 1. The van der Waals surface area contributed by atoms with Crippen LogP contribution in [0.5, 0.6) is 0 Å². The first-order chi connectivity index (χ1) is 12.6. The Labute approximate surface area is 154 Å². The number of ether oxygens (including phenoxy) is 1. The third-order valence-corrected chi connectivity index (χ3v) is 5.75. The zero-order chi connectivity index (χ0) is 18.6. The number of amides is 1. The summed E-state index contributed by atoms with van der Waals surface area (Å²) in [5.74, 6) is -0.271. The minimum Gasteiger partial charge on any atom is -0.450 e. The van der Waals surface area contributed by atoms with Gasteiger partial charge in [-0.2, -0.15) is 5.26 Å². The molecule has 0 unspecified atom stereocenters. The minimum absolute atomic E-state index is 0.133. The van der Waals surface area contributed by atoms with Crippen molar-refractivity contribution in [2.45, 2.75) is 56.5 Å². The number of hydrogen-bond acceptors (Lipinski definition) is 4. The van der Waals surface area contributed by atoms with Crippen molar-refractivity contribution in [2.75, 3.05) is 19.7 Å². The molecule has 1 saturated heterocycles. The van der Waals surface area contributed by atoms with Crippen LogP contribution in [-0.2, 0) is 10.2 Å². The number of carbonyl (C=O) groups excluding carboxylic acids is 1. The van der Waals surface area contributed by atoms with Gasteiger partial charge in [0.1, 0.15) is 5.82 Å². The molecule has 2 fully saturated rings. The summed E-state index contributed by atoms with van der Waals surface area (Å²) in [6.07, 6.45) is 4.03. The maximum absolute atomic E-state index is 13.2. The molecule has 1 N–H and O–H groups in total. The van der Waals surface area contributed by atoms with Crippen LogP contribution in [0.15, 0.2) is 24.3 Å². The van der Waals surface area contributed by atoms with Crippen LogP contribution in [0.25, 0.3) is 0 Å². The van der Waals surface area contributed by atoms with Gasteiger partial charge >= 0.3 is 6.09 Å². The van der Waals surface area contributed by atoms with Crippen molar-refractivity contribution in [1.82, 2.24) is 10.2 Å². The summed E-state index contributed by atoms with van der Waals surface area (Å²) in [5.41, 5.74) is 0.412. The molecule has 0 aromatic heterocycles. The second-order valence-corrected chi connectivity index (χ2v) is 7.28. The van der Waals surface area contributed by atoms with Gasteiger partial charge in [0, 0.05) is 25.2 Å². The molecule has 0 bridgehead atoms. The first-order valence-corrected chi connectivity index (χ1v) is 9.41. The SMILES string of the molecule is CCOC(=O)N[C@H]1CCN(C2CCC(C#N)(c3ccc(F)cc3)CC2)C1. The lowest BCUT2D eigenvalue weighted by atomic mass is 9.69. The number of nitrogens with one attached hydrogen (secondary N) is 1. The van der Waals surface area contributed by atoms with Gasteiger partial charge in [-0.1, -0.05) is 12.1 Å². The molecular formula is C20H26FN3O2. The minimum atomic E-state index is -0.507. The number of rotatable bonds is 4. The Kier molecular flexibility index (Phi) is 5.77. The Hall–Kier alpha value is -2.13. The van der Waals surface area contributed by atoms with E-state index in [0.717, 1.165) is 50.8 Å². The first kappa shape index (κ1) is 18.7. The van der Waals surface area contributed by atoms with Gasteiger partial charge in [-0.25, -0.2) is 9.18 Å². The van der Waals surface area contributed by atoms with E-state index in [0.29, 0.717) is 12.6 Å². The smallest absolute Gasteiger partial charge is 0.407 e. The summed E-state index contributed by atoms with van der Waals surface area (Å²) in [5, 5.41) is 12.7. The molecule has 1 aromatic carbocycles. The van der Waals surface area contributed by atoms with Gasteiger partial charge in [0.2, 0.25) is 0 Å². The van der Waals surface area contributed by atoms with E-state index in [1.165, 1.54) is 12.1 Å². The third kappa shape index (κ3) is 3.99. The second-order valence-electron chi connectivity index (χ2n) is 7.28. The van der Waals surface area contributed by atoms with E-state index in [4.69, 9.17) is 4.74 Å². The van der Waals surface area contributed by atoms with Crippen LogP contribution in [0.1, 0.15) is 44.6 Å². The number of likely N-dealkylation sites (tertiary alicyclic amines) is 1. The normalized spacial score (nSPS) is 29.1. The third-order valence-electron chi connectivity index (χ3n) is 5.75. The van der Waals surface area contributed by atoms with Gasteiger partial charge in [-0.15, -0.1) is 0 Å². The zero-order valence-electron chi connectivity index (χ0n) is 15.2. The molecule has 3 rings (SSSR count). The van der Waals surface area contributed by atoms with E-state index in [1.807, 2.05) is 0 Å². The summed E-state index contributed by atoms with van der Waals surface area (Å²) < 4.78 is 18.1. The molecule has 1 atom stereocenters. The lowest BCUT2D eigenvalue weighted by molar-refractivity contribution is 0.143. The van der Waals surface area contributed by atoms with Crippen LogP contribution in [0, 0.1) is 17.1 Å². The Balaban J connectivity index is 1.56. The van der Waals surface area contributed by atoms with Gasteiger partial charge in [-0.3, -0.25) is 4.90 Å². The number of nitrogens with zero attached hydrogens (tertiary/aromatic N) is 2. The molecule has 26 heavy (non-hydrogen) atoms. The van der Waals surface area contributed by atoms with Crippen molar-refractivity contribution in [1.29, 1.82) is 5.26 Å². The maximum atomic E-state index is 13.2. The number of hydrogen-bond donors (Lipinski definition) is 1. The standard InChI is InChI=1S/C20H26FN3O2/c1-2-26-19(25)23-17-9-12-24(13-17)18-7-10-20(14-22,11-8-18)15-3-5-16(21)6-4-15/h3-6,17-18H,2,7-13H2,1H3,(H,23,25)/t17-,18?,20?/m0/s1. The lowest BCUT2D eigenvalue weighted by Gasteiger charge is -2.39. The van der Waals surface area contributed by atoms with E-state index in [9.17, 15) is 14.4 Å². The summed E-state index contributed by atoms with van der Waals surface area (Å²) in [6, 6.07) is 9.43. The molecule has 1 aliphatic carbocycles. The van der Waals surface area contributed by atoms with Gasteiger partial charge < -0.3 is 10.1 Å². The van der Waals surface area contributed by atoms with Crippen molar-refractivity contribution >= 4 is 6.09 Å². The van der Waals surface area contributed by atoms with Gasteiger partial charge in [0.05, 0.1) is 18.1 Å². The van der Waals surface area contributed by atoms with Crippen molar-refractivity contribution in [3.63, 3.8) is 0 Å². The fourth-order valence-electron chi connectivity index (χ4n) is 4.27. The molecule has 6 heteroatoms. The first-order valence-electron chi connectivity index (χ1n) is 9.41. The number of halogens is 1. The highest BCUT2D eigenvalue weighted by Crippen LogP contribution is 2.41. The monoisotopic (exact) mass is 359 g/mol. The highest BCUT2D eigenvalue weighted by Gasteiger charge is 2.40. The van der Waals surface area contributed by atoms with Crippen LogP contribution in [-0.4, -0.2) is 42.8 Å². The molecule has 1 aromatic rings. The summed E-state index contributed by atoms with van der Waals surface area (Å²) in [6.45, 7) is 3.97. The van der Waals surface area contributed by atoms with E-state index < -0.39 is 5.41 Å². The van der Waals surface area contributed by atoms with E-state index >= 15 is 0 Å². The Morgan fingerprint density at radius 1 is 1.35 bits per heavy atom. The maximum Gasteiger partial charge on any atom is 0.407 e. The summed E-state index contributed by atoms with van der Waals surface area (Å²) in [4.78, 5) is 14.0. The second kappa shape index (κ2) is 8.05. The quantitative estimate of drug-likeness (QED) is 0.895. The highest BCUT2D eigenvalue weighted by atomic mass is 19.1. The molecular weight excluding hydrogens is 333 g/mol. The molecule has 1 saturated carbocycles. The fourth-order valence-corrected chi connectivity index (χ4v) is 4.27. The number of benzene rings is 1.